The number of nitrogens with zero attached hydrogens (tertiary/aromatic N) is 3. The summed E-state index contributed by atoms with van der Waals surface area (Å²) in [5.41, 5.74) is 12.2. The van der Waals surface area contributed by atoms with Crippen molar-refractivity contribution in [2.75, 3.05) is 11.6 Å². The molecule has 1 unspecified atom stereocenters. The SMILES string of the molecule is CCCC(=O)Nc1cncc(-c2ccc3[nH]nc(-c4cc5c(-c6cc(F)cc(C(N)S(C)(=O)=O)c6)nccc5[nH]4)c3c2)c1. The molecule has 0 aliphatic heterocycles. The number of benzene rings is 2. The summed E-state index contributed by atoms with van der Waals surface area (Å²) in [6.45, 7) is 1.95. The average molecular weight is 598 g/mol. The Kier molecular flexibility index (Phi) is 7.24. The van der Waals surface area contributed by atoms with E-state index in [0.29, 0.717) is 40.1 Å². The monoisotopic (exact) mass is 597 g/mol. The first-order valence-corrected chi connectivity index (χ1v) is 15.5. The molecule has 6 aromatic rings. The highest BCUT2D eigenvalue weighted by Crippen LogP contribution is 2.35. The number of amides is 1. The zero-order chi connectivity index (χ0) is 30.3. The highest BCUT2D eigenvalue weighted by Gasteiger charge is 2.21. The smallest absolute Gasteiger partial charge is 0.224 e. The molecule has 0 bridgehead atoms. The molecule has 6 rings (SSSR count). The van der Waals surface area contributed by atoms with Crippen molar-refractivity contribution in [1.82, 2.24) is 25.1 Å². The number of pyridine rings is 2. The maximum absolute atomic E-state index is 14.6. The molecule has 43 heavy (non-hydrogen) atoms. The summed E-state index contributed by atoms with van der Waals surface area (Å²) < 4.78 is 38.7. The van der Waals surface area contributed by atoms with Gasteiger partial charge in [-0.25, -0.2) is 12.8 Å². The fraction of sp³-hybridized carbons (Fsp3) is 0.161. The lowest BCUT2D eigenvalue weighted by atomic mass is 10.0. The predicted octanol–water partition coefficient (Wildman–Crippen LogP) is 5.71. The van der Waals surface area contributed by atoms with E-state index >= 15 is 0 Å². The number of H-pyrrole nitrogens is 2. The average Bonchev–Trinajstić information content (AvgIpc) is 3.60. The van der Waals surface area contributed by atoms with Crippen LogP contribution in [0.5, 0.6) is 0 Å². The van der Waals surface area contributed by atoms with Gasteiger partial charge in [-0.1, -0.05) is 13.0 Å². The molecule has 0 aliphatic rings. The predicted molar refractivity (Wildman–Crippen MR) is 165 cm³/mol. The third kappa shape index (κ3) is 5.62. The highest BCUT2D eigenvalue weighted by molar-refractivity contribution is 7.90. The van der Waals surface area contributed by atoms with E-state index in [1.54, 1.807) is 30.7 Å². The minimum absolute atomic E-state index is 0.0607. The number of fused-ring (bicyclic) bond motifs is 2. The number of carbonyl (C=O) groups excluding carboxylic acids is 1. The lowest BCUT2D eigenvalue weighted by Gasteiger charge is -2.12. The molecule has 1 atom stereocenters. The lowest BCUT2D eigenvalue weighted by molar-refractivity contribution is -0.116. The van der Waals surface area contributed by atoms with Crippen LogP contribution in [0.2, 0.25) is 0 Å². The van der Waals surface area contributed by atoms with Gasteiger partial charge in [-0.2, -0.15) is 5.10 Å². The second kappa shape index (κ2) is 11.0. The van der Waals surface area contributed by atoms with Crippen LogP contribution in [0.15, 0.2) is 73.2 Å². The van der Waals surface area contributed by atoms with Gasteiger partial charge in [0.1, 0.15) is 16.9 Å². The van der Waals surface area contributed by atoms with E-state index in [1.165, 1.54) is 6.07 Å². The number of rotatable bonds is 8. The molecule has 0 saturated heterocycles. The van der Waals surface area contributed by atoms with Gasteiger partial charge in [-0.3, -0.25) is 19.9 Å². The molecule has 218 valence electrons. The van der Waals surface area contributed by atoms with Gasteiger partial charge in [-0.05, 0) is 66.1 Å². The first kappa shape index (κ1) is 28.2. The Morgan fingerprint density at radius 2 is 1.79 bits per heavy atom. The van der Waals surface area contributed by atoms with Gasteiger partial charge >= 0.3 is 0 Å². The largest absolute Gasteiger partial charge is 0.353 e. The Morgan fingerprint density at radius 3 is 2.58 bits per heavy atom. The molecule has 0 saturated carbocycles. The Hall–Kier alpha value is -4.94. The maximum Gasteiger partial charge on any atom is 0.224 e. The van der Waals surface area contributed by atoms with Crippen molar-refractivity contribution < 1.29 is 17.6 Å². The topological polar surface area (TPSA) is 160 Å². The summed E-state index contributed by atoms with van der Waals surface area (Å²) in [7, 11) is -3.64. The van der Waals surface area contributed by atoms with Crippen molar-refractivity contribution in [2.24, 2.45) is 5.73 Å². The summed E-state index contributed by atoms with van der Waals surface area (Å²) in [4.78, 5) is 24.3. The number of sulfone groups is 1. The van der Waals surface area contributed by atoms with Gasteiger partial charge in [0, 0.05) is 52.5 Å². The number of hydrogen-bond donors (Lipinski definition) is 4. The van der Waals surface area contributed by atoms with Crippen molar-refractivity contribution in [3.05, 3.63) is 84.6 Å². The van der Waals surface area contributed by atoms with Crippen LogP contribution < -0.4 is 11.1 Å². The number of nitrogens with two attached hydrogens (primary N) is 1. The lowest BCUT2D eigenvalue weighted by Crippen LogP contribution is -2.20. The quantitative estimate of drug-likeness (QED) is 0.175. The third-order valence-electron chi connectivity index (χ3n) is 7.18. The molecule has 0 aliphatic carbocycles. The first-order chi connectivity index (χ1) is 20.6. The number of nitrogens with one attached hydrogen (secondary N) is 3. The van der Waals surface area contributed by atoms with Crippen molar-refractivity contribution in [3.63, 3.8) is 0 Å². The van der Waals surface area contributed by atoms with Crippen molar-refractivity contribution in [3.8, 4) is 33.8 Å². The Morgan fingerprint density at radius 1 is 0.977 bits per heavy atom. The molecule has 5 N–H and O–H groups in total. The van der Waals surface area contributed by atoms with Crippen LogP contribution in [0.3, 0.4) is 0 Å². The van der Waals surface area contributed by atoms with E-state index in [-0.39, 0.29) is 11.5 Å². The molecule has 0 fully saturated rings. The minimum atomic E-state index is -3.64. The first-order valence-electron chi connectivity index (χ1n) is 13.6. The van der Waals surface area contributed by atoms with Gasteiger partial charge in [-0.15, -0.1) is 0 Å². The van der Waals surface area contributed by atoms with Crippen molar-refractivity contribution in [1.29, 1.82) is 0 Å². The number of hydrogen-bond acceptors (Lipinski definition) is 7. The van der Waals surface area contributed by atoms with Gasteiger partial charge in [0.2, 0.25) is 5.91 Å². The Bertz CT molecular complexity index is 2120. The zero-order valence-electron chi connectivity index (χ0n) is 23.3. The van der Waals surface area contributed by atoms with Crippen LogP contribution in [0.25, 0.3) is 55.6 Å². The van der Waals surface area contributed by atoms with E-state index < -0.39 is 21.0 Å². The van der Waals surface area contributed by atoms with Crippen LogP contribution in [-0.4, -0.2) is 45.7 Å². The standard InChI is InChI=1S/C31H28FN7O3S/c1-3-4-28(40)36-22-12-20(15-34-16-22)17-5-6-26-23(13-17)30(39-38-26)27-14-24-25(37-27)7-8-35-29(24)18-9-19(11-21(32)10-18)31(33)43(2,41)42/h5-16,31,37H,3-4,33H2,1-2H3,(H,36,40)(H,38,39). The molecule has 2 aromatic carbocycles. The Balaban J connectivity index is 1.40. The second-order valence-corrected chi connectivity index (χ2v) is 12.6. The number of anilines is 1. The normalized spacial score (nSPS) is 12.6. The van der Waals surface area contributed by atoms with E-state index in [9.17, 15) is 17.6 Å². The molecule has 4 aromatic heterocycles. The van der Waals surface area contributed by atoms with Crippen LogP contribution >= 0.6 is 0 Å². The van der Waals surface area contributed by atoms with E-state index in [0.717, 1.165) is 46.3 Å². The van der Waals surface area contributed by atoms with Gasteiger partial charge in [0.15, 0.2) is 9.84 Å². The summed E-state index contributed by atoms with van der Waals surface area (Å²) in [6.07, 6.45) is 7.15. The van der Waals surface area contributed by atoms with Crippen LogP contribution in [-0.2, 0) is 14.6 Å². The van der Waals surface area contributed by atoms with Crippen LogP contribution in [0, 0.1) is 5.82 Å². The van der Waals surface area contributed by atoms with E-state index in [2.05, 4.69) is 30.5 Å². The summed E-state index contributed by atoms with van der Waals surface area (Å²) in [5.74, 6) is -0.676. The number of aromatic nitrogens is 5. The second-order valence-electron chi connectivity index (χ2n) is 10.4. The fourth-order valence-corrected chi connectivity index (χ4v) is 5.72. The number of carbonyl (C=O) groups is 1. The summed E-state index contributed by atoms with van der Waals surface area (Å²) >= 11 is 0. The van der Waals surface area contributed by atoms with Crippen molar-refractivity contribution >= 4 is 43.2 Å². The zero-order valence-corrected chi connectivity index (χ0v) is 24.2. The molecule has 1 amide bonds. The molecule has 0 spiro atoms. The number of aromatic amines is 2. The third-order valence-corrected chi connectivity index (χ3v) is 8.38. The summed E-state index contributed by atoms with van der Waals surface area (Å²) in [6, 6.07) is 15.4. The fourth-order valence-electron chi connectivity index (χ4n) is 5.09. The van der Waals surface area contributed by atoms with Gasteiger partial charge in [0.25, 0.3) is 0 Å². The molecule has 0 radical (unpaired) electrons. The van der Waals surface area contributed by atoms with Gasteiger partial charge < -0.3 is 16.0 Å². The molecular weight excluding hydrogens is 569 g/mol. The number of halogens is 1. The molecule has 10 nitrogen and oxygen atoms in total. The minimum Gasteiger partial charge on any atom is -0.353 e. The molecule has 12 heteroatoms. The molecule has 4 heterocycles. The highest BCUT2D eigenvalue weighted by atomic mass is 32.2. The van der Waals surface area contributed by atoms with Crippen LogP contribution in [0.4, 0.5) is 10.1 Å². The van der Waals surface area contributed by atoms with Crippen LogP contribution in [0.1, 0.15) is 30.7 Å². The molecular formula is C31H28FN7O3S. The van der Waals surface area contributed by atoms with E-state index in [4.69, 9.17) is 5.73 Å². The van der Waals surface area contributed by atoms with E-state index in [1.807, 2.05) is 37.3 Å². The van der Waals surface area contributed by atoms with Gasteiger partial charge in [0.05, 0.1) is 28.8 Å². The van der Waals surface area contributed by atoms with Crippen molar-refractivity contribution in [2.45, 2.75) is 25.1 Å². The summed E-state index contributed by atoms with van der Waals surface area (Å²) in [5, 5.41) is 10.7. The maximum atomic E-state index is 14.6. The Labute approximate surface area is 246 Å².